The largest absolute Gasteiger partial charge is 0.369 e. The number of benzene rings is 3. The molecule has 0 atom stereocenters. The molecule has 2 N–H and O–H groups in total. The fourth-order valence-corrected chi connectivity index (χ4v) is 5.86. The highest BCUT2D eigenvalue weighted by Gasteiger charge is 2.30. The number of para-hydroxylation sites is 1. The predicted molar refractivity (Wildman–Crippen MR) is 147 cm³/mol. The van der Waals surface area contributed by atoms with Crippen LogP contribution in [0.4, 0.5) is 5.69 Å². The monoisotopic (exact) mass is 511 g/mol. The van der Waals surface area contributed by atoms with E-state index in [1.54, 1.807) is 17.0 Å². The summed E-state index contributed by atoms with van der Waals surface area (Å²) in [6, 6.07) is 23.4. The van der Waals surface area contributed by atoms with Gasteiger partial charge in [-0.1, -0.05) is 60.3 Å². The summed E-state index contributed by atoms with van der Waals surface area (Å²) in [6.07, 6.45) is 3.09. The standard InChI is InChI=1S/C30H29N3O3S/c1-20-6-2-3-7-24(20)19-33-25-8-4-5-9-26(25)37-27(30(33)36)18-21-10-12-23(13-11-21)29(35)32-16-14-22(15-17-32)28(31)34/h2-13,18,22H,14-17,19H2,1H3,(H2,31,34)/b27-18+. The maximum Gasteiger partial charge on any atom is 0.265 e. The van der Waals surface area contributed by atoms with Gasteiger partial charge in [-0.2, -0.15) is 0 Å². The second kappa shape index (κ2) is 10.6. The Hall–Kier alpha value is -3.84. The molecule has 0 spiro atoms. The van der Waals surface area contributed by atoms with Crippen molar-refractivity contribution in [3.8, 4) is 0 Å². The molecule has 2 aliphatic heterocycles. The van der Waals surface area contributed by atoms with Gasteiger partial charge in [-0.05, 0) is 66.8 Å². The number of carbonyl (C=O) groups excluding carboxylic acids is 3. The van der Waals surface area contributed by atoms with E-state index in [1.807, 2.05) is 59.5 Å². The molecule has 0 radical (unpaired) electrons. The first-order chi connectivity index (χ1) is 17.9. The summed E-state index contributed by atoms with van der Waals surface area (Å²) < 4.78 is 0. The van der Waals surface area contributed by atoms with Crippen molar-refractivity contribution in [1.82, 2.24) is 4.90 Å². The third-order valence-electron chi connectivity index (χ3n) is 7.06. The van der Waals surface area contributed by atoms with Gasteiger partial charge in [0.05, 0.1) is 17.1 Å². The minimum atomic E-state index is -0.292. The Balaban J connectivity index is 1.35. The number of rotatable bonds is 5. The van der Waals surface area contributed by atoms with Crippen LogP contribution in [-0.2, 0) is 16.1 Å². The SMILES string of the molecule is Cc1ccccc1CN1C(=O)/C(=C\c2ccc(C(=O)N3CCC(C(N)=O)CC3)cc2)Sc2ccccc21. The van der Waals surface area contributed by atoms with E-state index >= 15 is 0 Å². The molecule has 0 aromatic heterocycles. The molecule has 2 heterocycles. The lowest BCUT2D eigenvalue weighted by atomic mass is 9.96. The molecule has 7 heteroatoms. The number of amides is 3. The Morgan fingerprint density at radius 1 is 0.973 bits per heavy atom. The van der Waals surface area contributed by atoms with E-state index in [9.17, 15) is 14.4 Å². The van der Waals surface area contributed by atoms with Crippen molar-refractivity contribution in [1.29, 1.82) is 0 Å². The number of hydrogen-bond donors (Lipinski definition) is 1. The van der Waals surface area contributed by atoms with Crippen LogP contribution in [0.3, 0.4) is 0 Å². The first-order valence-corrected chi connectivity index (χ1v) is 13.3. The summed E-state index contributed by atoms with van der Waals surface area (Å²) in [5.41, 5.74) is 10.0. The van der Waals surface area contributed by atoms with Gasteiger partial charge in [-0.3, -0.25) is 14.4 Å². The molecule has 1 saturated heterocycles. The van der Waals surface area contributed by atoms with Gasteiger partial charge in [0, 0.05) is 29.5 Å². The fourth-order valence-electron chi connectivity index (χ4n) is 4.80. The molecule has 2 aliphatic rings. The van der Waals surface area contributed by atoms with Gasteiger partial charge in [-0.15, -0.1) is 0 Å². The summed E-state index contributed by atoms with van der Waals surface area (Å²) >= 11 is 1.47. The van der Waals surface area contributed by atoms with Crippen molar-refractivity contribution in [2.24, 2.45) is 11.7 Å². The topological polar surface area (TPSA) is 83.7 Å². The van der Waals surface area contributed by atoms with Crippen LogP contribution in [0, 0.1) is 12.8 Å². The second-order valence-corrected chi connectivity index (χ2v) is 10.6. The van der Waals surface area contributed by atoms with E-state index in [1.165, 1.54) is 11.8 Å². The number of nitrogens with two attached hydrogens (primary N) is 1. The number of anilines is 1. The minimum absolute atomic E-state index is 0.0376. The zero-order valence-corrected chi connectivity index (χ0v) is 21.5. The highest BCUT2D eigenvalue weighted by Crippen LogP contribution is 2.42. The summed E-state index contributed by atoms with van der Waals surface area (Å²) in [5, 5.41) is 0. The molecule has 188 valence electrons. The fraction of sp³-hybridized carbons (Fsp3) is 0.233. The molecule has 3 aromatic carbocycles. The van der Waals surface area contributed by atoms with E-state index in [0.717, 1.165) is 27.3 Å². The number of thioether (sulfide) groups is 1. The van der Waals surface area contributed by atoms with E-state index < -0.39 is 0 Å². The molecule has 0 unspecified atom stereocenters. The average Bonchev–Trinajstić information content (AvgIpc) is 2.92. The number of primary amides is 1. The second-order valence-electron chi connectivity index (χ2n) is 9.49. The summed E-state index contributed by atoms with van der Waals surface area (Å²) in [6.45, 7) is 3.61. The molecule has 5 rings (SSSR count). The van der Waals surface area contributed by atoms with Crippen LogP contribution in [0.15, 0.2) is 82.6 Å². The van der Waals surface area contributed by atoms with Crippen molar-refractivity contribution in [3.05, 3.63) is 100.0 Å². The molecule has 6 nitrogen and oxygen atoms in total. The summed E-state index contributed by atoms with van der Waals surface area (Å²) in [7, 11) is 0. The van der Waals surface area contributed by atoms with Crippen LogP contribution in [0.5, 0.6) is 0 Å². The van der Waals surface area contributed by atoms with Crippen LogP contribution in [-0.4, -0.2) is 35.7 Å². The van der Waals surface area contributed by atoms with Gasteiger partial charge >= 0.3 is 0 Å². The van der Waals surface area contributed by atoms with E-state index in [0.29, 0.717) is 42.9 Å². The number of carbonyl (C=O) groups is 3. The van der Waals surface area contributed by atoms with E-state index in [4.69, 9.17) is 5.73 Å². The molecule has 0 aliphatic carbocycles. The number of fused-ring (bicyclic) bond motifs is 1. The lowest BCUT2D eigenvalue weighted by Gasteiger charge is -2.31. The van der Waals surface area contributed by atoms with Crippen LogP contribution < -0.4 is 10.6 Å². The lowest BCUT2D eigenvalue weighted by Crippen LogP contribution is -2.41. The average molecular weight is 512 g/mol. The smallest absolute Gasteiger partial charge is 0.265 e. The highest BCUT2D eigenvalue weighted by molar-refractivity contribution is 8.04. The molecule has 1 fully saturated rings. The summed E-state index contributed by atoms with van der Waals surface area (Å²) in [4.78, 5) is 43.2. The zero-order chi connectivity index (χ0) is 25.9. The highest BCUT2D eigenvalue weighted by atomic mass is 32.2. The van der Waals surface area contributed by atoms with Gasteiger partial charge in [0.1, 0.15) is 0 Å². The zero-order valence-electron chi connectivity index (χ0n) is 20.7. The third-order valence-corrected chi connectivity index (χ3v) is 8.14. The Kier molecular flexibility index (Phi) is 7.15. The lowest BCUT2D eigenvalue weighted by molar-refractivity contribution is -0.123. The van der Waals surface area contributed by atoms with E-state index in [-0.39, 0.29) is 23.6 Å². The number of aryl methyl sites for hydroxylation is 1. The predicted octanol–water partition coefficient (Wildman–Crippen LogP) is 5.01. The molecule has 0 saturated carbocycles. The molecule has 0 bridgehead atoms. The van der Waals surface area contributed by atoms with Crippen molar-refractivity contribution < 1.29 is 14.4 Å². The number of hydrogen-bond acceptors (Lipinski definition) is 4. The minimum Gasteiger partial charge on any atom is -0.369 e. The van der Waals surface area contributed by atoms with Gasteiger partial charge in [0.25, 0.3) is 11.8 Å². The van der Waals surface area contributed by atoms with Crippen molar-refractivity contribution in [2.45, 2.75) is 31.2 Å². The third kappa shape index (κ3) is 5.32. The van der Waals surface area contributed by atoms with Gasteiger partial charge < -0.3 is 15.5 Å². The van der Waals surface area contributed by atoms with Crippen molar-refractivity contribution in [2.75, 3.05) is 18.0 Å². The van der Waals surface area contributed by atoms with Crippen molar-refractivity contribution >= 4 is 41.2 Å². The van der Waals surface area contributed by atoms with Crippen molar-refractivity contribution in [3.63, 3.8) is 0 Å². The maximum atomic E-state index is 13.6. The molecule has 37 heavy (non-hydrogen) atoms. The van der Waals surface area contributed by atoms with Gasteiger partial charge in [0.15, 0.2) is 0 Å². The van der Waals surface area contributed by atoms with Crippen LogP contribution in [0.2, 0.25) is 0 Å². The first kappa shape index (κ1) is 24.8. The Bertz CT molecular complexity index is 1370. The van der Waals surface area contributed by atoms with Gasteiger partial charge in [-0.25, -0.2) is 0 Å². The first-order valence-electron chi connectivity index (χ1n) is 12.4. The van der Waals surface area contributed by atoms with E-state index in [2.05, 4.69) is 19.1 Å². The Morgan fingerprint density at radius 3 is 2.35 bits per heavy atom. The summed E-state index contributed by atoms with van der Waals surface area (Å²) in [5.74, 6) is -0.535. The van der Waals surface area contributed by atoms with Crippen LogP contribution >= 0.6 is 11.8 Å². The van der Waals surface area contributed by atoms with Crippen LogP contribution in [0.1, 0.15) is 39.9 Å². The molecular weight excluding hydrogens is 482 g/mol. The van der Waals surface area contributed by atoms with Gasteiger partial charge in [0.2, 0.25) is 5.91 Å². The molecular formula is C30H29N3O3S. The van der Waals surface area contributed by atoms with Crippen LogP contribution in [0.25, 0.3) is 6.08 Å². The number of likely N-dealkylation sites (tertiary alicyclic amines) is 1. The quantitative estimate of drug-likeness (QED) is 0.488. The number of piperidine rings is 1. The molecule has 3 amide bonds. The molecule has 3 aromatic rings. The Morgan fingerprint density at radius 2 is 1.65 bits per heavy atom. The maximum absolute atomic E-state index is 13.6. The normalized spacial score (nSPS) is 17.1. The Labute approximate surface area is 221 Å². The number of nitrogens with zero attached hydrogens (tertiary/aromatic N) is 2.